The molecular formula is C27H29F3N4O5. The van der Waals surface area contributed by atoms with Crippen molar-refractivity contribution in [3.8, 4) is 17.5 Å². The van der Waals surface area contributed by atoms with Gasteiger partial charge in [0.25, 0.3) is 6.01 Å². The Morgan fingerprint density at radius 2 is 1.77 bits per heavy atom. The van der Waals surface area contributed by atoms with Crippen molar-refractivity contribution in [3.05, 3.63) is 76.6 Å². The third kappa shape index (κ3) is 7.12. The highest BCUT2D eigenvalue weighted by Crippen LogP contribution is 2.30. The van der Waals surface area contributed by atoms with E-state index in [0.717, 1.165) is 37.4 Å². The first-order valence-electron chi connectivity index (χ1n) is 12.9. The number of fused-ring (bicyclic) bond motifs is 1. The third-order valence-electron chi connectivity index (χ3n) is 7.13. The maximum Gasteiger partial charge on any atom is 0.573 e. The molecule has 3 heterocycles. The van der Waals surface area contributed by atoms with E-state index in [1.165, 1.54) is 24.3 Å². The molecule has 12 heteroatoms. The topological polar surface area (TPSA) is 91.9 Å². The molecule has 0 bridgehead atoms. The van der Waals surface area contributed by atoms with E-state index in [1.807, 2.05) is 35.0 Å². The number of alkyl halides is 3. The van der Waals surface area contributed by atoms with E-state index in [4.69, 9.17) is 9.47 Å². The first-order chi connectivity index (χ1) is 18.7. The minimum absolute atomic E-state index is 0.0711. The van der Waals surface area contributed by atoms with Crippen LogP contribution in [0.25, 0.3) is 0 Å². The van der Waals surface area contributed by atoms with E-state index in [-0.39, 0.29) is 29.1 Å². The zero-order valence-electron chi connectivity index (χ0n) is 21.1. The molecule has 9 nitrogen and oxygen atoms in total. The molecule has 5 rings (SSSR count). The van der Waals surface area contributed by atoms with Gasteiger partial charge in [0.05, 0.1) is 6.54 Å². The summed E-state index contributed by atoms with van der Waals surface area (Å²) >= 11 is 0. The van der Waals surface area contributed by atoms with Gasteiger partial charge in [-0.05, 0) is 60.7 Å². The van der Waals surface area contributed by atoms with Crippen LogP contribution in [0.5, 0.6) is 17.5 Å². The summed E-state index contributed by atoms with van der Waals surface area (Å²) in [6.07, 6.45) is 0.989. The largest absolute Gasteiger partial charge is 0.573 e. The molecule has 208 valence electrons. The van der Waals surface area contributed by atoms with Gasteiger partial charge in [-0.2, -0.15) is 0 Å². The molecule has 39 heavy (non-hydrogen) atoms. The number of rotatable bonds is 10. The molecule has 2 atom stereocenters. The van der Waals surface area contributed by atoms with Crippen LogP contribution in [-0.4, -0.2) is 52.7 Å². The monoisotopic (exact) mass is 546 g/mol. The summed E-state index contributed by atoms with van der Waals surface area (Å²) in [5.74, 6) is 0.619. The lowest BCUT2D eigenvalue weighted by Crippen LogP contribution is -2.36. The highest BCUT2D eigenvalue weighted by Gasteiger charge is 2.32. The lowest BCUT2D eigenvalue weighted by Gasteiger charge is -2.34. The number of nitro groups is 1. The number of benzene rings is 2. The van der Waals surface area contributed by atoms with Crippen LogP contribution in [0.15, 0.2) is 60.9 Å². The van der Waals surface area contributed by atoms with Gasteiger partial charge >= 0.3 is 6.36 Å². The molecule has 2 aromatic carbocycles. The number of anilines is 1. The smallest absolute Gasteiger partial charge is 0.490 e. The lowest BCUT2D eigenvalue weighted by atomic mass is 9.88. The molecule has 3 aromatic rings. The number of ether oxygens (including phenoxy) is 3. The van der Waals surface area contributed by atoms with Crippen LogP contribution >= 0.6 is 0 Å². The van der Waals surface area contributed by atoms with Crippen molar-refractivity contribution >= 4 is 5.69 Å². The van der Waals surface area contributed by atoms with E-state index in [1.54, 1.807) is 6.20 Å². The average molecular weight is 547 g/mol. The van der Waals surface area contributed by atoms with Gasteiger partial charge in [-0.3, -0.25) is 14.7 Å². The molecule has 0 N–H and O–H groups in total. The molecule has 0 amide bonds. The maximum absolute atomic E-state index is 12.4. The van der Waals surface area contributed by atoms with Crippen LogP contribution in [0, 0.1) is 16.0 Å². The minimum Gasteiger partial charge on any atom is -0.490 e. The number of imidazole rings is 1. The molecular weight excluding hydrogens is 517 g/mol. The predicted molar refractivity (Wildman–Crippen MR) is 136 cm³/mol. The standard InChI is InChI=1S/C27H29F3N4O5/c28-27(29,30)39-24-5-1-19(2-6-24)15-22(34(35)36)16-20-9-12-32(13-10-20)21-3-7-23(8-4-21)37-18-25-17-33-14-11-31-26(33)38-25/h1-8,11,14,20,22,25H,9-10,12-13,15-18H2/t22?,25-/m0/s1. The van der Waals surface area contributed by atoms with Crippen LogP contribution in [-0.2, 0) is 13.0 Å². The minimum atomic E-state index is -4.77. The Kier molecular flexibility index (Phi) is 7.80. The number of aromatic nitrogens is 2. The van der Waals surface area contributed by atoms with Crippen molar-refractivity contribution in [2.75, 3.05) is 24.6 Å². The molecule has 0 saturated carbocycles. The van der Waals surface area contributed by atoms with Gasteiger partial charge in [-0.15, -0.1) is 13.2 Å². The summed E-state index contributed by atoms with van der Waals surface area (Å²) in [6.45, 7) is 2.72. The molecule has 1 aromatic heterocycles. The summed E-state index contributed by atoms with van der Waals surface area (Å²) in [5, 5.41) is 11.7. The van der Waals surface area contributed by atoms with Crippen LogP contribution in [0.3, 0.4) is 0 Å². The summed E-state index contributed by atoms with van der Waals surface area (Å²) in [6, 6.07) is 13.0. The highest BCUT2D eigenvalue weighted by atomic mass is 19.4. The second-order valence-electron chi connectivity index (χ2n) is 9.91. The Balaban J connectivity index is 1.07. The Morgan fingerprint density at radius 3 is 2.41 bits per heavy atom. The second kappa shape index (κ2) is 11.4. The van der Waals surface area contributed by atoms with E-state index in [0.29, 0.717) is 31.1 Å². The SMILES string of the molecule is O=[N+]([O-])C(Cc1ccc(OC(F)(F)F)cc1)CC1CCN(c2ccc(OC[C@@H]3Cn4ccnc4O3)cc2)CC1. The number of halogens is 3. The number of hydrogen-bond acceptors (Lipinski definition) is 7. The zero-order valence-corrected chi connectivity index (χ0v) is 21.1. The first-order valence-corrected chi connectivity index (χ1v) is 12.9. The molecule has 2 aliphatic rings. The average Bonchev–Trinajstić information content (AvgIpc) is 3.50. The van der Waals surface area contributed by atoms with E-state index < -0.39 is 12.4 Å². The zero-order chi connectivity index (χ0) is 27.4. The summed E-state index contributed by atoms with van der Waals surface area (Å²) < 4.78 is 54.5. The van der Waals surface area contributed by atoms with Crippen molar-refractivity contribution in [2.24, 2.45) is 5.92 Å². The van der Waals surface area contributed by atoms with Crippen molar-refractivity contribution in [1.29, 1.82) is 0 Å². The van der Waals surface area contributed by atoms with Crippen molar-refractivity contribution in [3.63, 3.8) is 0 Å². The Morgan fingerprint density at radius 1 is 1.08 bits per heavy atom. The maximum atomic E-state index is 12.4. The van der Waals surface area contributed by atoms with E-state index >= 15 is 0 Å². The fourth-order valence-corrected chi connectivity index (χ4v) is 5.14. The first kappa shape index (κ1) is 26.6. The number of nitrogens with zero attached hydrogens (tertiary/aromatic N) is 4. The molecule has 0 spiro atoms. The van der Waals surface area contributed by atoms with E-state index in [9.17, 15) is 23.3 Å². The molecule has 1 unspecified atom stereocenters. The Labute approximate surface area is 223 Å². The summed E-state index contributed by atoms with van der Waals surface area (Å²) in [7, 11) is 0. The number of piperidine rings is 1. The molecule has 0 radical (unpaired) electrons. The summed E-state index contributed by atoms with van der Waals surface area (Å²) in [4.78, 5) is 17.8. The van der Waals surface area contributed by atoms with Gasteiger partial charge in [0, 0.05) is 48.9 Å². The third-order valence-corrected chi connectivity index (χ3v) is 7.13. The van der Waals surface area contributed by atoms with Crippen LogP contribution in [0.2, 0.25) is 0 Å². The van der Waals surface area contributed by atoms with Crippen LogP contribution in [0.1, 0.15) is 24.8 Å². The van der Waals surface area contributed by atoms with E-state index in [2.05, 4.69) is 14.6 Å². The molecule has 0 aliphatic carbocycles. The van der Waals surface area contributed by atoms with Crippen molar-refractivity contribution in [1.82, 2.24) is 9.55 Å². The molecule has 2 aliphatic heterocycles. The van der Waals surface area contributed by atoms with Gasteiger partial charge < -0.3 is 19.1 Å². The van der Waals surface area contributed by atoms with Gasteiger partial charge in [-0.25, -0.2) is 4.98 Å². The van der Waals surface area contributed by atoms with Gasteiger partial charge in [0.2, 0.25) is 6.04 Å². The normalized spacial score (nSPS) is 18.3. The fourth-order valence-electron chi connectivity index (χ4n) is 5.14. The Bertz CT molecular complexity index is 1220. The van der Waals surface area contributed by atoms with Gasteiger partial charge in [-0.1, -0.05) is 12.1 Å². The molecule has 1 saturated heterocycles. The van der Waals surface area contributed by atoms with Crippen molar-refractivity contribution in [2.45, 2.75) is 50.7 Å². The summed E-state index contributed by atoms with van der Waals surface area (Å²) in [5.41, 5.74) is 1.68. The second-order valence-corrected chi connectivity index (χ2v) is 9.91. The fraction of sp³-hybridized carbons (Fsp3) is 0.444. The quantitative estimate of drug-likeness (QED) is 0.258. The van der Waals surface area contributed by atoms with Gasteiger partial charge in [0.1, 0.15) is 18.1 Å². The molecule has 1 fully saturated rings. The van der Waals surface area contributed by atoms with Crippen LogP contribution in [0.4, 0.5) is 18.9 Å². The Hall–Kier alpha value is -3.96. The van der Waals surface area contributed by atoms with Crippen LogP contribution < -0.4 is 19.1 Å². The lowest BCUT2D eigenvalue weighted by molar-refractivity contribution is -0.524. The highest BCUT2D eigenvalue weighted by molar-refractivity contribution is 5.49. The van der Waals surface area contributed by atoms with Crippen molar-refractivity contribution < 1.29 is 32.3 Å². The predicted octanol–water partition coefficient (Wildman–Crippen LogP) is 5.12. The number of hydrogen-bond donors (Lipinski definition) is 0. The van der Waals surface area contributed by atoms with Gasteiger partial charge in [0.15, 0.2) is 6.10 Å².